The van der Waals surface area contributed by atoms with Crippen LogP contribution in [-0.2, 0) is 6.54 Å². The Kier molecular flexibility index (Phi) is 4.58. The van der Waals surface area contributed by atoms with Crippen LogP contribution in [-0.4, -0.2) is 23.4 Å². The zero-order valence-electron chi connectivity index (χ0n) is 11.8. The van der Waals surface area contributed by atoms with Gasteiger partial charge in [0.1, 0.15) is 5.75 Å². The van der Waals surface area contributed by atoms with Crippen LogP contribution in [0, 0.1) is 0 Å². The lowest BCUT2D eigenvalue weighted by atomic mass is 10.0. The van der Waals surface area contributed by atoms with Gasteiger partial charge < -0.3 is 10.1 Å². The Bertz CT molecular complexity index is 504. The summed E-state index contributed by atoms with van der Waals surface area (Å²) in [6.07, 6.45) is 4.03. The first kappa shape index (κ1) is 13.6. The van der Waals surface area contributed by atoms with Crippen molar-refractivity contribution in [2.75, 3.05) is 13.7 Å². The van der Waals surface area contributed by atoms with Gasteiger partial charge in [0.15, 0.2) is 0 Å². The predicted octanol–water partition coefficient (Wildman–Crippen LogP) is 2.61. The molecule has 0 fully saturated rings. The van der Waals surface area contributed by atoms with Gasteiger partial charge in [-0.2, -0.15) is 5.10 Å². The summed E-state index contributed by atoms with van der Waals surface area (Å²) in [6, 6.07) is 8.34. The third-order valence-corrected chi connectivity index (χ3v) is 3.17. The van der Waals surface area contributed by atoms with Gasteiger partial charge in [0, 0.05) is 18.3 Å². The van der Waals surface area contributed by atoms with E-state index in [-0.39, 0.29) is 6.04 Å². The third-order valence-electron chi connectivity index (χ3n) is 3.17. The summed E-state index contributed by atoms with van der Waals surface area (Å²) in [5.74, 6) is 0.878. The van der Waals surface area contributed by atoms with Gasteiger partial charge >= 0.3 is 0 Å². The monoisotopic (exact) mass is 259 g/mol. The van der Waals surface area contributed by atoms with E-state index in [0.717, 1.165) is 18.8 Å². The minimum absolute atomic E-state index is 0.177. The van der Waals surface area contributed by atoms with Gasteiger partial charge in [-0.1, -0.05) is 19.1 Å². The van der Waals surface area contributed by atoms with Crippen molar-refractivity contribution in [3.05, 3.63) is 47.8 Å². The number of nitrogens with one attached hydrogen (secondary N) is 1. The summed E-state index contributed by atoms with van der Waals surface area (Å²) in [4.78, 5) is 0. The normalized spacial score (nSPS) is 12.4. The largest absolute Gasteiger partial charge is 0.497 e. The Balaban J connectivity index is 2.27. The van der Waals surface area contributed by atoms with Gasteiger partial charge in [0.05, 0.1) is 19.3 Å². The maximum absolute atomic E-state index is 5.20. The van der Waals surface area contributed by atoms with Crippen LogP contribution in [0.4, 0.5) is 0 Å². The fourth-order valence-electron chi connectivity index (χ4n) is 2.13. The van der Waals surface area contributed by atoms with E-state index in [9.17, 15) is 0 Å². The number of hydrogen-bond donors (Lipinski definition) is 1. The van der Waals surface area contributed by atoms with Gasteiger partial charge in [-0.15, -0.1) is 0 Å². The average Bonchev–Trinajstić information content (AvgIpc) is 2.93. The van der Waals surface area contributed by atoms with Crippen molar-refractivity contribution in [2.24, 2.45) is 0 Å². The van der Waals surface area contributed by atoms with Crippen molar-refractivity contribution in [3.63, 3.8) is 0 Å². The molecule has 19 heavy (non-hydrogen) atoms. The van der Waals surface area contributed by atoms with Crippen molar-refractivity contribution in [3.8, 4) is 5.75 Å². The highest BCUT2D eigenvalue weighted by Crippen LogP contribution is 2.23. The molecule has 0 spiro atoms. The lowest BCUT2D eigenvalue weighted by Gasteiger charge is -2.17. The second-order valence-corrected chi connectivity index (χ2v) is 4.39. The second-order valence-electron chi connectivity index (χ2n) is 4.39. The standard InChI is InChI=1S/C15H21N3O/c1-4-16-15(13-10-17-18(5-2)11-13)12-6-8-14(19-3)9-7-12/h6-11,15-16H,4-5H2,1-3H3. The highest BCUT2D eigenvalue weighted by Gasteiger charge is 2.14. The van der Waals surface area contributed by atoms with E-state index in [1.54, 1.807) is 7.11 Å². The summed E-state index contributed by atoms with van der Waals surface area (Å²) >= 11 is 0. The lowest BCUT2D eigenvalue weighted by molar-refractivity contribution is 0.414. The van der Waals surface area contributed by atoms with Crippen molar-refractivity contribution in [1.29, 1.82) is 0 Å². The van der Waals surface area contributed by atoms with Gasteiger partial charge in [-0.25, -0.2) is 0 Å². The molecule has 1 aromatic carbocycles. The highest BCUT2D eigenvalue weighted by atomic mass is 16.5. The number of aromatic nitrogens is 2. The van der Waals surface area contributed by atoms with E-state index >= 15 is 0 Å². The third kappa shape index (κ3) is 3.15. The predicted molar refractivity (Wildman–Crippen MR) is 76.4 cm³/mol. The van der Waals surface area contributed by atoms with Crippen molar-refractivity contribution >= 4 is 0 Å². The Morgan fingerprint density at radius 1 is 1.21 bits per heavy atom. The van der Waals surface area contributed by atoms with Gasteiger partial charge in [0.2, 0.25) is 0 Å². The molecule has 0 saturated heterocycles. The van der Waals surface area contributed by atoms with Crippen molar-refractivity contribution in [2.45, 2.75) is 26.4 Å². The van der Waals surface area contributed by atoms with Crippen LogP contribution in [0.25, 0.3) is 0 Å². The number of benzene rings is 1. The average molecular weight is 259 g/mol. The van der Waals surface area contributed by atoms with Gasteiger partial charge in [0.25, 0.3) is 0 Å². The molecule has 2 aromatic rings. The summed E-state index contributed by atoms with van der Waals surface area (Å²) in [5.41, 5.74) is 2.41. The molecule has 1 unspecified atom stereocenters. The molecule has 2 rings (SSSR count). The fraction of sp³-hybridized carbons (Fsp3) is 0.400. The van der Waals surface area contributed by atoms with Crippen LogP contribution in [0.3, 0.4) is 0 Å². The van der Waals surface area contributed by atoms with E-state index in [1.807, 2.05) is 23.0 Å². The van der Waals surface area contributed by atoms with Crippen molar-refractivity contribution in [1.82, 2.24) is 15.1 Å². The molecule has 0 amide bonds. The molecular weight excluding hydrogens is 238 g/mol. The first-order valence-electron chi connectivity index (χ1n) is 6.68. The number of nitrogens with zero attached hydrogens (tertiary/aromatic N) is 2. The Hall–Kier alpha value is -1.81. The second kappa shape index (κ2) is 6.38. The lowest BCUT2D eigenvalue weighted by Crippen LogP contribution is -2.21. The molecule has 1 N–H and O–H groups in total. The zero-order chi connectivity index (χ0) is 13.7. The Morgan fingerprint density at radius 2 is 1.95 bits per heavy atom. The van der Waals surface area contributed by atoms with Crippen LogP contribution in [0.15, 0.2) is 36.7 Å². The molecule has 0 radical (unpaired) electrons. The molecule has 1 atom stereocenters. The SMILES string of the molecule is CCNC(c1ccc(OC)cc1)c1cnn(CC)c1. The molecule has 4 heteroatoms. The molecular formula is C15H21N3O. The minimum atomic E-state index is 0.177. The molecule has 0 bridgehead atoms. The first-order valence-corrected chi connectivity index (χ1v) is 6.68. The molecule has 0 aliphatic heterocycles. The smallest absolute Gasteiger partial charge is 0.118 e. The molecule has 0 aliphatic rings. The molecule has 102 valence electrons. The topological polar surface area (TPSA) is 39.1 Å². The van der Waals surface area contributed by atoms with Crippen LogP contribution >= 0.6 is 0 Å². The molecule has 0 saturated carbocycles. The van der Waals surface area contributed by atoms with Crippen LogP contribution < -0.4 is 10.1 Å². The van der Waals surface area contributed by atoms with Crippen molar-refractivity contribution < 1.29 is 4.74 Å². The van der Waals surface area contributed by atoms with Crippen LogP contribution in [0.1, 0.15) is 31.0 Å². The Morgan fingerprint density at radius 3 is 2.47 bits per heavy atom. The fourth-order valence-corrected chi connectivity index (χ4v) is 2.13. The maximum atomic E-state index is 5.20. The number of aryl methyl sites for hydroxylation is 1. The maximum Gasteiger partial charge on any atom is 0.118 e. The highest BCUT2D eigenvalue weighted by molar-refractivity contribution is 5.34. The summed E-state index contributed by atoms with van der Waals surface area (Å²) in [7, 11) is 1.68. The summed E-state index contributed by atoms with van der Waals surface area (Å²) < 4.78 is 7.15. The number of ether oxygens (including phenoxy) is 1. The first-order chi connectivity index (χ1) is 9.28. The molecule has 1 aromatic heterocycles. The van der Waals surface area contributed by atoms with E-state index < -0.39 is 0 Å². The zero-order valence-corrected chi connectivity index (χ0v) is 11.8. The van der Waals surface area contributed by atoms with Crippen LogP contribution in [0.2, 0.25) is 0 Å². The summed E-state index contributed by atoms with van der Waals surface area (Å²) in [6.45, 7) is 6.00. The van der Waals surface area contributed by atoms with Gasteiger partial charge in [-0.05, 0) is 31.2 Å². The minimum Gasteiger partial charge on any atom is -0.497 e. The number of rotatable bonds is 6. The van der Waals surface area contributed by atoms with E-state index in [0.29, 0.717) is 0 Å². The number of methoxy groups -OCH3 is 1. The van der Waals surface area contributed by atoms with E-state index in [1.165, 1.54) is 11.1 Å². The molecule has 1 heterocycles. The van der Waals surface area contributed by atoms with E-state index in [2.05, 4.69) is 42.6 Å². The molecule has 4 nitrogen and oxygen atoms in total. The quantitative estimate of drug-likeness (QED) is 0.866. The molecule has 0 aliphatic carbocycles. The summed E-state index contributed by atoms with van der Waals surface area (Å²) in [5, 5.41) is 7.84. The van der Waals surface area contributed by atoms with Gasteiger partial charge in [-0.3, -0.25) is 4.68 Å². The van der Waals surface area contributed by atoms with Crippen LogP contribution in [0.5, 0.6) is 5.75 Å². The van der Waals surface area contributed by atoms with E-state index in [4.69, 9.17) is 4.74 Å². The number of hydrogen-bond acceptors (Lipinski definition) is 3. The Labute approximate surface area is 114 Å².